The Morgan fingerprint density at radius 2 is 1.92 bits per heavy atom. The van der Waals surface area contributed by atoms with E-state index in [1.807, 2.05) is 0 Å². The lowest BCUT2D eigenvalue weighted by Gasteiger charge is -2.34. The van der Waals surface area contributed by atoms with Gasteiger partial charge < -0.3 is 0 Å². The molecular weight excluding hydrogens is 330 g/mol. The van der Waals surface area contributed by atoms with E-state index >= 15 is 0 Å². The predicted molar refractivity (Wildman–Crippen MR) is 102 cm³/mol. The summed E-state index contributed by atoms with van der Waals surface area (Å²) in [4.78, 5) is 35.2. The van der Waals surface area contributed by atoms with E-state index in [0.717, 1.165) is 44.7 Å². The first-order chi connectivity index (χ1) is 12.5. The third kappa shape index (κ3) is 3.29. The highest BCUT2D eigenvalue weighted by Gasteiger charge is 2.53. The average Bonchev–Trinajstić information content (AvgIpc) is 3.01. The number of carbonyl (C=O) groups excluding carboxylic acids is 2. The van der Waals surface area contributed by atoms with Crippen LogP contribution in [0, 0.1) is 0 Å². The van der Waals surface area contributed by atoms with Gasteiger partial charge in [-0.15, -0.1) is 0 Å². The summed E-state index contributed by atoms with van der Waals surface area (Å²) in [6.45, 7) is 7.05. The maximum atomic E-state index is 12.8. The molecule has 0 spiro atoms. The number of piperidine rings is 1. The minimum atomic E-state index is -0.450. The summed E-state index contributed by atoms with van der Waals surface area (Å²) in [5, 5.41) is 0. The second-order valence-corrected chi connectivity index (χ2v) is 7.60. The minimum absolute atomic E-state index is 0.163. The van der Waals surface area contributed by atoms with Crippen molar-refractivity contribution in [2.24, 2.45) is 4.99 Å². The summed E-state index contributed by atoms with van der Waals surface area (Å²) < 4.78 is 2.14. The van der Waals surface area contributed by atoms with E-state index in [4.69, 9.17) is 4.99 Å². The number of amidine groups is 2. The van der Waals surface area contributed by atoms with E-state index < -0.39 is 6.04 Å². The van der Waals surface area contributed by atoms with Crippen molar-refractivity contribution in [2.75, 3.05) is 33.7 Å². The van der Waals surface area contributed by atoms with Crippen molar-refractivity contribution in [3.8, 4) is 0 Å². The number of imide groups is 1. The normalized spacial score (nSPS) is 27.3. The molecular formula is C19H32N5O2+. The second-order valence-electron chi connectivity index (χ2n) is 7.60. The van der Waals surface area contributed by atoms with E-state index in [2.05, 4.69) is 23.3 Å². The average molecular weight is 362 g/mol. The van der Waals surface area contributed by atoms with Gasteiger partial charge in [0.25, 0.3) is 17.8 Å². The van der Waals surface area contributed by atoms with Crippen LogP contribution in [-0.2, 0) is 4.79 Å². The Labute approximate surface area is 156 Å². The number of likely N-dealkylation sites (tertiary alicyclic amines) is 1. The fourth-order valence-electron chi connectivity index (χ4n) is 4.27. The number of urea groups is 1. The lowest BCUT2D eigenvalue weighted by molar-refractivity contribution is -0.536. The Hall–Kier alpha value is -1.76. The van der Waals surface area contributed by atoms with E-state index in [1.54, 1.807) is 14.1 Å². The number of rotatable bonds is 6. The molecule has 144 valence electrons. The first kappa shape index (κ1) is 19.0. The highest BCUT2D eigenvalue weighted by molar-refractivity contribution is 6.23. The molecule has 3 heterocycles. The van der Waals surface area contributed by atoms with Crippen LogP contribution in [0.2, 0.25) is 0 Å². The van der Waals surface area contributed by atoms with Gasteiger partial charge in [-0.2, -0.15) is 0 Å². The molecule has 0 N–H and O–H groups in total. The number of hydrogen-bond acceptors (Lipinski definition) is 4. The Morgan fingerprint density at radius 3 is 2.62 bits per heavy atom. The van der Waals surface area contributed by atoms with Gasteiger partial charge in [0.05, 0.1) is 6.54 Å². The molecule has 2 saturated heterocycles. The molecule has 0 radical (unpaired) electrons. The molecule has 0 aromatic carbocycles. The van der Waals surface area contributed by atoms with E-state index in [0.29, 0.717) is 11.9 Å². The third-order valence-electron chi connectivity index (χ3n) is 5.93. The van der Waals surface area contributed by atoms with Crippen LogP contribution in [0.25, 0.3) is 0 Å². The van der Waals surface area contributed by atoms with Gasteiger partial charge in [-0.1, -0.05) is 26.7 Å². The number of carbonyl (C=O) groups is 2. The highest BCUT2D eigenvalue weighted by Crippen LogP contribution is 2.23. The van der Waals surface area contributed by atoms with Gasteiger partial charge in [-0.05, 0) is 37.2 Å². The quantitative estimate of drug-likeness (QED) is 0.677. The number of fused-ring (bicyclic) bond motifs is 1. The van der Waals surface area contributed by atoms with Crippen molar-refractivity contribution in [1.82, 2.24) is 14.7 Å². The first-order valence-corrected chi connectivity index (χ1v) is 9.99. The molecule has 3 rings (SSSR count). The van der Waals surface area contributed by atoms with Gasteiger partial charge in [0.1, 0.15) is 6.54 Å². The van der Waals surface area contributed by atoms with Crippen molar-refractivity contribution >= 4 is 23.6 Å². The Morgan fingerprint density at radius 1 is 1.15 bits per heavy atom. The van der Waals surface area contributed by atoms with E-state index in [1.165, 1.54) is 29.1 Å². The molecule has 0 bridgehead atoms. The zero-order valence-electron chi connectivity index (χ0n) is 16.6. The molecule has 3 amide bonds. The summed E-state index contributed by atoms with van der Waals surface area (Å²) in [6.07, 6.45) is 6.96. The SMILES string of the molecule is CCCC[N+]1=C(CN2CCCCC2CC)N=C2C1C(=O)N(C)C(=O)N2C. The van der Waals surface area contributed by atoms with Gasteiger partial charge in [-0.3, -0.25) is 19.5 Å². The second kappa shape index (κ2) is 7.86. The smallest absolute Gasteiger partial charge is 0.289 e. The zero-order chi connectivity index (χ0) is 18.8. The molecule has 0 saturated carbocycles. The molecule has 3 aliphatic rings. The lowest BCUT2D eigenvalue weighted by atomic mass is 10.00. The first-order valence-electron chi connectivity index (χ1n) is 9.99. The Bertz CT molecular complexity index is 642. The molecule has 7 heteroatoms. The van der Waals surface area contributed by atoms with Crippen LogP contribution >= 0.6 is 0 Å². The van der Waals surface area contributed by atoms with Gasteiger partial charge >= 0.3 is 11.9 Å². The Balaban J connectivity index is 1.91. The van der Waals surface area contributed by atoms with Gasteiger partial charge in [-0.25, -0.2) is 9.37 Å². The summed E-state index contributed by atoms with van der Waals surface area (Å²) >= 11 is 0. The van der Waals surface area contributed by atoms with Crippen LogP contribution in [0.4, 0.5) is 4.79 Å². The van der Waals surface area contributed by atoms with E-state index in [-0.39, 0.29) is 11.9 Å². The van der Waals surface area contributed by atoms with Crippen molar-refractivity contribution in [2.45, 2.75) is 64.5 Å². The predicted octanol–water partition coefficient (Wildman–Crippen LogP) is 1.77. The molecule has 3 aliphatic heterocycles. The van der Waals surface area contributed by atoms with Crippen molar-refractivity contribution in [1.29, 1.82) is 0 Å². The van der Waals surface area contributed by atoms with Crippen LogP contribution < -0.4 is 0 Å². The topological polar surface area (TPSA) is 59.2 Å². The van der Waals surface area contributed by atoms with Crippen molar-refractivity contribution in [3.05, 3.63) is 0 Å². The molecule has 2 atom stereocenters. The monoisotopic (exact) mass is 362 g/mol. The summed E-state index contributed by atoms with van der Waals surface area (Å²) in [5.41, 5.74) is 0. The minimum Gasteiger partial charge on any atom is -0.289 e. The van der Waals surface area contributed by atoms with Crippen molar-refractivity contribution < 1.29 is 14.2 Å². The van der Waals surface area contributed by atoms with Crippen LogP contribution in [0.3, 0.4) is 0 Å². The molecule has 0 aliphatic carbocycles. The van der Waals surface area contributed by atoms with Crippen LogP contribution in [0.5, 0.6) is 0 Å². The fourth-order valence-corrected chi connectivity index (χ4v) is 4.27. The number of likely N-dealkylation sites (N-methyl/N-ethyl adjacent to an activating group) is 2. The Kier molecular flexibility index (Phi) is 5.75. The van der Waals surface area contributed by atoms with Crippen molar-refractivity contribution in [3.63, 3.8) is 0 Å². The summed E-state index contributed by atoms with van der Waals surface area (Å²) in [5.74, 6) is 1.37. The standard InChI is InChI=1S/C19H32N5O2/c1-5-7-12-24-15(13-23-11-9-8-10-14(23)6-2)20-17-16(24)18(25)22(4)19(26)21(17)3/h14,16H,5-13H2,1-4H3/q+1. The van der Waals surface area contributed by atoms with Gasteiger partial charge in [0, 0.05) is 20.1 Å². The largest absolute Gasteiger partial charge is 0.333 e. The van der Waals surface area contributed by atoms with Crippen LogP contribution in [0.15, 0.2) is 4.99 Å². The fraction of sp³-hybridized carbons (Fsp3) is 0.789. The number of amides is 3. The number of aliphatic imine (C=N–C) groups is 1. The molecule has 2 unspecified atom stereocenters. The van der Waals surface area contributed by atoms with Gasteiger partial charge in [0.15, 0.2) is 0 Å². The number of unbranched alkanes of at least 4 members (excludes halogenated alkanes) is 1. The molecule has 0 aromatic heterocycles. The maximum absolute atomic E-state index is 12.8. The molecule has 26 heavy (non-hydrogen) atoms. The third-order valence-corrected chi connectivity index (χ3v) is 5.93. The summed E-state index contributed by atoms with van der Waals surface area (Å²) in [6, 6.07) is -0.162. The van der Waals surface area contributed by atoms with E-state index in [9.17, 15) is 9.59 Å². The molecule has 2 fully saturated rings. The zero-order valence-corrected chi connectivity index (χ0v) is 16.6. The number of hydrogen-bond donors (Lipinski definition) is 0. The van der Waals surface area contributed by atoms with Gasteiger partial charge in [0.2, 0.25) is 0 Å². The number of nitrogens with zero attached hydrogens (tertiary/aromatic N) is 5. The summed E-state index contributed by atoms with van der Waals surface area (Å²) in [7, 11) is 3.28. The van der Waals surface area contributed by atoms with Crippen LogP contribution in [0.1, 0.15) is 52.4 Å². The maximum Gasteiger partial charge on any atom is 0.333 e. The van der Waals surface area contributed by atoms with Crippen LogP contribution in [-0.4, -0.2) is 88.7 Å². The molecule has 7 nitrogen and oxygen atoms in total. The molecule has 0 aromatic rings. The highest BCUT2D eigenvalue weighted by atomic mass is 16.2. The lowest BCUT2D eigenvalue weighted by Crippen LogP contribution is -2.61.